The van der Waals surface area contributed by atoms with E-state index in [0.717, 1.165) is 42.4 Å². The molecule has 5 nitrogen and oxygen atoms in total. The van der Waals surface area contributed by atoms with Gasteiger partial charge in [-0.1, -0.05) is 29.8 Å². The molecule has 2 aromatic carbocycles. The SMILES string of the molecule is CN(C(=O)c1ccccc1)C1CCN(Cc2cc(Cl)c3cccnc3c2O)CC1. The van der Waals surface area contributed by atoms with Crippen LogP contribution >= 0.6 is 11.6 Å². The molecule has 1 amide bonds. The van der Waals surface area contributed by atoms with Crippen molar-refractivity contribution >= 4 is 28.4 Å². The summed E-state index contributed by atoms with van der Waals surface area (Å²) >= 11 is 6.40. The molecule has 0 saturated carbocycles. The van der Waals surface area contributed by atoms with Crippen molar-refractivity contribution in [2.45, 2.75) is 25.4 Å². The molecule has 1 aliphatic rings. The number of likely N-dealkylation sites (tertiary alicyclic amines) is 1. The van der Waals surface area contributed by atoms with Gasteiger partial charge in [0.15, 0.2) is 0 Å². The minimum atomic E-state index is 0.0640. The molecule has 0 aliphatic carbocycles. The lowest BCUT2D eigenvalue weighted by molar-refractivity contribution is 0.0636. The van der Waals surface area contributed by atoms with E-state index in [9.17, 15) is 9.90 Å². The van der Waals surface area contributed by atoms with Gasteiger partial charge < -0.3 is 10.0 Å². The van der Waals surface area contributed by atoms with E-state index in [1.54, 1.807) is 6.20 Å². The topological polar surface area (TPSA) is 56.7 Å². The maximum atomic E-state index is 12.7. The van der Waals surface area contributed by atoms with Crippen LogP contribution in [0.3, 0.4) is 0 Å². The highest BCUT2D eigenvalue weighted by molar-refractivity contribution is 6.35. The first kappa shape index (κ1) is 19.7. The van der Waals surface area contributed by atoms with Crippen molar-refractivity contribution in [3.05, 3.63) is 70.9 Å². The number of phenolic OH excluding ortho intramolecular Hbond substituents is 1. The fourth-order valence-electron chi connectivity index (χ4n) is 4.01. The summed E-state index contributed by atoms with van der Waals surface area (Å²) in [6.45, 7) is 2.32. The minimum absolute atomic E-state index is 0.0640. The lowest BCUT2D eigenvalue weighted by Crippen LogP contribution is -2.45. The van der Waals surface area contributed by atoms with E-state index in [0.29, 0.717) is 17.1 Å². The molecule has 0 atom stereocenters. The second kappa shape index (κ2) is 8.39. The van der Waals surface area contributed by atoms with Crippen molar-refractivity contribution in [2.75, 3.05) is 20.1 Å². The number of carbonyl (C=O) groups excluding carboxylic acids is 1. The van der Waals surface area contributed by atoms with Gasteiger partial charge >= 0.3 is 0 Å². The summed E-state index contributed by atoms with van der Waals surface area (Å²) in [5.41, 5.74) is 2.05. The lowest BCUT2D eigenvalue weighted by atomic mass is 10.0. The summed E-state index contributed by atoms with van der Waals surface area (Å²) in [5, 5.41) is 12.0. The number of hydrogen-bond acceptors (Lipinski definition) is 4. The summed E-state index contributed by atoms with van der Waals surface area (Å²) in [6.07, 6.45) is 3.46. The number of nitrogens with zero attached hydrogens (tertiary/aromatic N) is 3. The molecule has 3 aromatic rings. The number of rotatable bonds is 4. The Morgan fingerprint density at radius 2 is 1.93 bits per heavy atom. The summed E-state index contributed by atoms with van der Waals surface area (Å²) in [4.78, 5) is 21.1. The second-order valence-electron chi connectivity index (χ2n) is 7.56. The van der Waals surface area contributed by atoms with Gasteiger partial charge in [0, 0.05) is 55.4 Å². The Labute approximate surface area is 175 Å². The van der Waals surface area contributed by atoms with Gasteiger partial charge in [-0.2, -0.15) is 0 Å². The number of halogens is 1. The Balaban J connectivity index is 1.41. The first-order valence-electron chi connectivity index (χ1n) is 9.84. The van der Waals surface area contributed by atoms with Crippen molar-refractivity contribution in [3.8, 4) is 5.75 Å². The van der Waals surface area contributed by atoms with E-state index in [1.807, 2.05) is 60.5 Å². The zero-order chi connectivity index (χ0) is 20.4. The molecule has 6 heteroatoms. The molecule has 1 fully saturated rings. The van der Waals surface area contributed by atoms with Crippen LogP contribution in [0.4, 0.5) is 0 Å². The van der Waals surface area contributed by atoms with Crippen molar-refractivity contribution in [3.63, 3.8) is 0 Å². The van der Waals surface area contributed by atoms with Crippen molar-refractivity contribution in [1.29, 1.82) is 0 Å². The van der Waals surface area contributed by atoms with E-state index in [-0.39, 0.29) is 17.7 Å². The molecule has 1 saturated heterocycles. The van der Waals surface area contributed by atoms with Crippen molar-refractivity contribution < 1.29 is 9.90 Å². The Morgan fingerprint density at radius 1 is 1.21 bits per heavy atom. The minimum Gasteiger partial charge on any atom is -0.505 e. The summed E-state index contributed by atoms with van der Waals surface area (Å²) in [6, 6.07) is 15.1. The lowest BCUT2D eigenvalue weighted by Gasteiger charge is -2.37. The van der Waals surface area contributed by atoms with Crippen molar-refractivity contribution in [1.82, 2.24) is 14.8 Å². The van der Waals surface area contributed by atoms with Gasteiger partial charge in [0.1, 0.15) is 11.3 Å². The average molecular weight is 410 g/mol. The van der Waals surface area contributed by atoms with Gasteiger partial charge in [0.2, 0.25) is 0 Å². The molecule has 2 heterocycles. The number of pyridine rings is 1. The van der Waals surface area contributed by atoms with Crippen LogP contribution in [0, 0.1) is 0 Å². The monoisotopic (exact) mass is 409 g/mol. The number of carbonyl (C=O) groups is 1. The molecular weight excluding hydrogens is 386 g/mol. The molecule has 0 radical (unpaired) electrons. The number of hydrogen-bond donors (Lipinski definition) is 1. The Bertz CT molecular complexity index is 1020. The number of amides is 1. The molecule has 0 unspecified atom stereocenters. The number of aromatic nitrogens is 1. The van der Waals surface area contributed by atoms with Gasteiger partial charge in [0.25, 0.3) is 5.91 Å². The van der Waals surface area contributed by atoms with E-state index in [4.69, 9.17) is 11.6 Å². The predicted octanol–water partition coefficient (Wildman–Crippen LogP) is 4.33. The maximum absolute atomic E-state index is 12.7. The first-order valence-corrected chi connectivity index (χ1v) is 10.2. The third-order valence-corrected chi connectivity index (χ3v) is 6.05. The van der Waals surface area contributed by atoms with Crippen LogP contribution in [0.2, 0.25) is 5.02 Å². The van der Waals surface area contributed by atoms with Crippen LogP contribution in [0.15, 0.2) is 54.7 Å². The fraction of sp³-hybridized carbons (Fsp3) is 0.304. The normalized spacial score (nSPS) is 15.5. The average Bonchev–Trinajstić information content (AvgIpc) is 2.77. The molecular formula is C23H24ClN3O2. The van der Waals surface area contributed by atoms with Gasteiger partial charge in [-0.05, 0) is 43.2 Å². The molecule has 29 heavy (non-hydrogen) atoms. The molecule has 4 rings (SSSR count). The molecule has 150 valence electrons. The van der Waals surface area contributed by atoms with Crippen molar-refractivity contribution in [2.24, 2.45) is 0 Å². The third-order valence-electron chi connectivity index (χ3n) is 5.73. The van der Waals surface area contributed by atoms with Crippen LogP contribution in [0.25, 0.3) is 10.9 Å². The molecule has 1 aromatic heterocycles. The number of benzene rings is 2. The number of fused-ring (bicyclic) bond motifs is 1. The molecule has 1 N–H and O–H groups in total. The second-order valence-corrected chi connectivity index (χ2v) is 7.96. The largest absolute Gasteiger partial charge is 0.505 e. The van der Waals surface area contributed by atoms with Crippen LogP contribution in [-0.2, 0) is 6.54 Å². The highest BCUT2D eigenvalue weighted by Crippen LogP contribution is 2.34. The first-order chi connectivity index (χ1) is 14.0. The summed E-state index contributed by atoms with van der Waals surface area (Å²) in [7, 11) is 1.89. The smallest absolute Gasteiger partial charge is 0.253 e. The van der Waals surface area contributed by atoms with E-state index in [1.165, 1.54) is 0 Å². The highest BCUT2D eigenvalue weighted by atomic mass is 35.5. The van der Waals surface area contributed by atoms with Gasteiger partial charge in [-0.3, -0.25) is 14.7 Å². The summed E-state index contributed by atoms with van der Waals surface area (Å²) in [5.74, 6) is 0.262. The number of phenols is 1. The quantitative estimate of drug-likeness (QED) is 0.696. The number of piperidine rings is 1. The Hall–Kier alpha value is -2.63. The Morgan fingerprint density at radius 3 is 2.66 bits per heavy atom. The van der Waals surface area contributed by atoms with E-state index >= 15 is 0 Å². The van der Waals surface area contributed by atoms with Gasteiger partial charge in [-0.15, -0.1) is 0 Å². The fourth-order valence-corrected chi connectivity index (χ4v) is 4.30. The molecule has 1 aliphatic heterocycles. The molecule has 0 spiro atoms. The van der Waals surface area contributed by atoms with E-state index < -0.39 is 0 Å². The van der Waals surface area contributed by atoms with Gasteiger partial charge in [-0.25, -0.2) is 0 Å². The summed E-state index contributed by atoms with van der Waals surface area (Å²) < 4.78 is 0. The number of aromatic hydroxyl groups is 1. The highest BCUT2D eigenvalue weighted by Gasteiger charge is 2.26. The van der Waals surface area contributed by atoms with Crippen LogP contribution in [0.1, 0.15) is 28.8 Å². The maximum Gasteiger partial charge on any atom is 0.253 e. The van der Waals surface area contributed by atoms with E-state index in [2.05, 4.69) is 9.88 Å². The van der Waals surface area contributed by atoms with Crippen LogP contribution in [-0.4, -0.2) is 52.0 Å². The predicted molar refractivity (Wildman–Crippen MR) is 115 cm³/mol. The Kier molecular flexibility index (Phi) is 5.69. The van der Waals surface area contributed by atoms with Crippen LogP contribution < -0.4 is 0 Å². The zero-order valence-electron chi connectivity index (χ0n) is 16.4. The van der Waals surface area contributed by atoms with Crippen LogP contribution in [0.5, 0.6) is 5.75 Å². The third kappa shape index (κ3) is 4.07. The zero-order valence-corrected chi connectivity index (χ0v) is 17.1. The standard InChI is InChI=1S/C23H24ClN3O2/c1-26(23(29)16-6-3-2-4-7-16)18-9-12-27(13-10-18)15-17-14-20(24)19-8-5-11-25-21(19)22(17)28/h2-8,11,14,18,28H,9-10,12-13,15H2,1H3. The molecule has 0 bridgehead atoms. The van der Waals surface area contributed by atoms with Gasteiger partial charge in [0.05, 0.1) is 5.02 Å².